The molecule has 0 rings (SSSR count). The molecule has 2 N–H and O–H groups in total. The number of hydrogen-bond donors (Lipinski definition) is 2. The lowest BCUT2D eigenvalue weighted by Gasteiger charge is -2.23. The maximum absolute atomic E-state index is 9.47. The van der Waals surface area contributed by atoms with Crippen molar-refractivity contribution < 1.29 is 23.4 Å². The van der Waals surface area contributed by atoms with Gasteiger partial charge in [0.25, 0.3) is 0 Å². The number of rotatable bonds is 8. The van der Waals surface area contributed by atoms with Gasteiger partial charge in [0.15, 0.2) is 0 Å². The third kappa shape index (κ3) is 25.1. The predicted molar refractivity (Wildman–Crippen MR) is 75.3 cm³/mol. The number of quaternary nitrogens is 1. The highest BCUT2D eigenvalue weighted by molar-refractivity contribution is 7.46. The van der Waals surface area contributed by atoms with Crippen LogP contribution < -0.4 is 0 Å². The average Bonchev–Trinajstić information content (AvgIpc) is 2.22. The first-order valence-electron chi connectivity index (χ1n) is 6.54. The van der Waals surface area contributed by atoms with Gasteiger partial charge in [0.1, 0.15) is 0 Å². The highest BCUT2D eigenvalue weighted by atomic mass is 31.2. The number of phosphoric acid groups is 1. The van der Waals surface area contributed by atoms with Crippen LogP contribution in [0.3, 0.4) is 0 Å². The van der Waals surface area contributed by atoms with Crippen LogP contribution >= 0.6 is 7.82 Å². The maximum atomic E-state index is 9.47. The summed E-state index contributed by atoms with van der Waals surface area (Å²) in [6.45, 7) is 3.60. The van der Waals surface area contributed by atoms with E-state index in [4.69, 9.17) is 9.79 Å². The Morgan fingerprint density at radius 2 is 1.39 bits per heavy atom. The molecule has 0 aromatic rings. The summed E-state index contributed by atoms with van der Waals surface area (Å²) in [5, 5.41) is 0. The van der Waals surface area contributed by atoms with E-state index in [2.05, 4.69) is 32.6 Å². The summed E-state index contributed by atoms with van der Waals surface area (Å²) in [7, 11) is 3.61. The van der Waals surface area contributed by atoms with Crippen molar-refractivity contribution in [3.8, 4) is 0 Å². The molecule has 0 spiro atoms. The molecule has 0 heterocycles. The average molecular weight is 284 g/mol. The minimum Gasteiger partial charge on any atom is -0.331 e. The van der Waals surface area contributed by atoms with Gasteiger partial charge < -0.3 is 14.3 Å². The smallest absolute Gasteiger partial charge is 0.331 e. The summed E-state index contributed by atoms with van der Waals surface area (Å²) in [6, 6.07) is 0. The van der Waals surface area contributed by atoms with Gasteiger partial charge >= 0.3 is 7.82 Å². The molecule has 0 aromatic heterocycles. The Labute approximate surface area is 112 Å². The standard InChI is InChI=1S/C11H26N.CH5O4P/c1-5-6-7-8-9-10-11-12(2,3)4;1-5-6(2,3)4/h5-11H2,1-4H3;1H3,(H2,2,3,4)/q+1;. The second-order valence-electron chi connectivity index (χ2n) is 5.45. The van der Waals surface area contributed by atoms with Crippen molar-refractivity contribution in [1.82, 2.24) is 0 Å². The minimum absolute atomic E-state index is 0.945. The summed E-state index contributed by atoms with van der Waals surface area (Å²) in [5.41, 5.74) is 0. The Kier molecular flexibility index (Phi) is 12.4. The van der Waals surface area contributed by atoms with Gasteiger partial charge in [-0.15, -0.1) is 0 Å². The topological polar surface area (TPSA) is 66.8 Å². The summed E-state index contributed by atoms with van der Waals surface area (Å²) in [4.78, 5) is 15.4. The van der Waals surface area contributed by atoms with E-state index >= 15 is 0 Å². The van der Waals surface area contributed by atoms with Gasteiger partial charge in [0, 0.05) is 7.11 Å². The second kappa shape index (κ2) is 10.9. The monoisotopic (exact) mass is 284 g/mol. The lowest BCUT2D eigenvalue weighted by atomic mass is 10.1. The molecule has 0 aliphatic carbocycles. The molecule has 0 bridgehead atoms. The molecule has 0 unspecified atom stereocenters. The summed E-state index contributed by atoms with van der Waals surface area (Å²) < 4.78 is 14.2. The van der Waals surface area contributed by atoms with Crippen LogP contribution in [0.2, 0.25) is 0 Å². The van der Waals surface area contributed by atoms with Gasteiger partial charge in [-0.3, -0.25) is 4.52 Å². The third-order valence-electron chi connectivity index (χ3n) is 2.42. The molecule has 0 radical (unpaired) electrons. The van der Waals surface area contributed by atoms with Crippen LogP contribution in [0.15, 0.2) is 0 Å². The van der Waals surface area contributed by atoms with E-state index in [1.165, 1.54) is 45.1 Å². The van der Waals surface area contributed by atoms with E-state index in [0.717, 1.165) is 11.6 Å². The highest BCUT2D eigenvalue weighted by Crippen LogP contribution is 2.33. The quantitative estimate of drug-likeness (QED) is 0.408. The lowest BCUT2D eigenvalue weighted by Crippen LogP contribution is -2.35. The van der Waals surface area contributed by atoms with Crippen molar-refractivity contribution in [1.29, 1.82) is 0 Å². The molecule has 18 heavy (non-hydrogen) atoms. The van der Waals surface area contributed by atoms with Gasteiger partial charge in [-0.1, -0.05) is 32.6 Å². The normalized spacial score (nSPS) is 11.9. The van der Waals surface area contributed by atoms with Gasteiger partial charge in [-0.25, -0.2) is 4.57 Å². The second-order valence-corrected chi connectivity index (χ2v) is 6.80. The van der Waals surface area contributed by atoms with Crippen LogP contribution in [0.5, 0.6) is 0 Å². The van der Waals surface area contributed by atoms with Crippen LogP contribution in [-0.2, 0) is 9.09 Å². The molecule has 0 aliphatic rings. The Balaban J connectivity index is 0. The fraction of sp³-hybridized carbons (Fsp3) is 1.00. The van der Waals surface area contributed by atoms with Crippen molar-refractivity contribution in [3.63, 3.8) is 0 Å². The summed E-state index contributed by atoms with van der Waals surface area (Å²) >= 11 is 0. The van der Waals surface area contributed by atoms with E-state index in [1.54, 1.807) is 0 Å². The zero-order valence-electron chi connectivity index (χ0n) is 12.6. The van der Waals surface area contributed by atoms with Crippen molar-refractivity contribution in [2.75, 3.05) is 34.8 Å². The third-order valence-corrected chi connectivity index (χ3v) is 2.90. The Bertz CT molecular complexity index is 223. The van der Waals surface area contributed by atoms with Crippen LogP contribution in [-0.4, -0.2) is 49.1 Å². The Morgan fingerprint density at radius 3 is 1.72 bits per heavy atom. The SMILES string of the molecule is CCCCCCCC[N+](C)(C)C.COP(=O)(O)O. The predicted octanol–water partition coefficient (Wildman–Crippen LogP) is 2.78. The molecule has 6 heteroatoms. The fourth-order valence-corrected chi connectivity index (χ4v) is 1.37. The van der Waals surface area contributed by atoms with Crippen LogP contribution in [0.4, 0.5) is 0 Å². The van der Waals surface area contributed by atoms with Crippen LogP contribution in [0.1, 0.15) is 45.4 Å². The van der Waals surface area contributed by atoms with E-state index in [9.17, 15) is 4.57 Å². The number of nitrogens with zero attached hydrogens (tertiary/aromatic N) is 1. The van der Waals surface area contributed by atoms with E-state index in [-0.39, 0.29) is 0 Å². The molecule has 0 saturated carbocycles. The first kappa shape index (κ1) is 20.4. The van der Waals surface area contributed by atoms with Crippen molar-refractivity contribution in [2.45, 2.75) is 45.4 Å². The fourth-order valence-electron chi connectivity index (χ4n) is 1.37. The molecule has 112 valence electrons. The van der Waals surface area contributed by atoms with E-state index < -0.39 is 7.82 Å². The van der Waals surface area contributed by atoms with Crippen molar-refractivity contribution >= 4 is 7.82 Å². The Morgan fingerprint density at radius 1 is 1.00 bits per heavy atom. The summed E-state index contributed by atoms with van der Waals surface area (Å²) in [5.74, 6) is 0. The van der Waals surface area contributed by atoms with E-state index in [1.807, 2.05) is 0 Å². The van der Waals surface area contributed by atoms with Gasteiger partial charge in [0.2, 0.25) is 0 Å². The van der Waals surface area contributed by atoms with Gasteiger partial charge in [0.05, 0.1) is 27.7 Å². The number of hydrogen-bond acceptors (Lipinski definition) is 2. The first-order valence-corrected chi connectivity index (χ1v) is 8.07. The highest BCUT2D eigenvalue weighted by Gasteiger charge is 2.07. The largest absolute Gasteiger partial charge is 0.469 e. The van der Waals surface area contributed by atoms with Gasteiger partial charge in [-0.2, -0.15) is 0 Å². The Hall–Kier alpha value is 0.0700. The van der Waals surface area contributed by atoms with Crippen molar-refractivity contribution in [2.24, 2.45) is 0 Å². The molecular weight excluding hydrogens is 253 g/mol. The molecule has 5 nitrogen and oxygen atoms in total. The number of phosphoric ester groups is 1. The molecule has 0 atom stereocenters. The summed E-state index contributed by atoms with van der Waals surface area (Å²) in [6.07, 6.45) is 8.48. The van der Waals surface area contributed by atoms with E-state index in [0.29, 0.717) is 0 Å². The van der Waals surface area contributed by atoms with Crippen LogP contribution in [0, 0.1) is 0 Å². The maximum Gasteiger partial charge on any atom is 0.469 e. The molecular formula is C12H31NO4P+. The molecule has 0 aliphatic heterocycles. The van der Waals surface area contributed by atoms with Crippen LogP contribution in [0.25, 0.3) is 0 Å². The zero-order valence-corrected chi connectivity index (χ0v) is 13.4. The first-order chi connectivity index (χ1) is 8.12. The molecule has 0 saturated heterocycles. The molecule has 0 amide bonds. The minimum atomic E-state index is -4.15. The van der Waals surface area contributed by atoms with Gasteiger partial charge in [-0.05, 0) is 12.8 Å². The van der Waals surface area contributed by atoms with Crippen molar-refractivity contribution in [3.05, 3.63) is 0 Å². The molecule has 0 fully saturated rings. The lowest BCUT2D eigenvalue weighted by molar-refractivity contribution is -0.870. The zero-order chi connectivity index (χ0) is 14.7. The number of unbranched alkanes of at least 4 members (excludes halogenated alkanes) is 5. The molecule has 0 aromatic carbocycles.